The summed E-state index contributed by atoms with van der Waals surface area (Å²) in [6.45, 7) is 1.84. The molecule has 1 amide bonds. The van der Waals surface area contributed by atoms with Crippen LogP contribution in [-0.4, -0.2) is 23.9 Å². The SMILES string of the molecule is O=C(c1ccccc1S)N1CCC2(CCCC2)CC1. The molecule has 0 atom stereocenters. The van der Waals surface area contributed by atoms with Gasteiger partial charge >= 0.3 is 0 Å². The first-order valence-electron chi connectivity index (χ1n) is 7.28. The van der Waals surface area contributed by atoms with Gasteiger partial charge in [-0.3, -0.25) is 4.79 Å². The standard InChI is InChI=1S/C16H21NOS/c18-15(13-5-1-2-6-14(13)19)17-11-9-16(10-12-17)7-3-4-8-16/h1-2,5-6,19H,3-4,7-12H2. The number of carbonyl (C=O) groups is 1. The van der Waals surface area contributed by atoms with E-state index in [1.54, 1.807) is 0 Å². The molecule has 0 N–H and O–H groups in total. The number of thiol groups is 1. The number of piperidine rings is 1. The van der Waals surface area contributed by atoms with Crippen LogP contribution in [0.4, 0.5) is 0 Å². The van der Waals surface area contributed by atoms with E-state index in [1.165, 1.54) is 38.5 Å². The molecule has 1 aliphatic heterocycles. The number of benzene rings is 1. The summed E-state index contributed by atoms with van der Waals surface area (Å²) in [5.74, 6) is 0.151. The van der Waals surface area contributed by atoms with Gasteiger partial charge in [-0.15, -0.1) is 12.6 Å². The lowest BCUT2D eigenvalue weighted by atomic mass is 9.77. The van der Waals surface area contributed by atoms with E-state index in [1.807, 2.05) is 29.2 Å². The summed E-state index contributed by atoms with van der Waals surface area (Å²) in [5.41, 5.74) is 1.31. The third kappa shape index (κ3) is 2.53. The maximum atomic E-state index is 12.5. The van der Waals surface area contributed by atoms with Crippen LogP contribution in [0.3, 0.4) is 0 Å². The predicted molar refractivity (Wildman–Crippen MR) is 79.7 cm³/mol. The molecule has 2 nitrogen and oxygen atoms in total. The number of hydrogen-bond acceptors (Lipinski definition) is 2. The lowest BCUT2D eigenvalue weighted by Crippen LogP contribution is -2.42. The van der Waals surface area contributed by atoms with Gasteiger partial charge in [-0.05, 0) is 43.2 Å². The number of likely N-dealkylation sites (tertiary alicyclic amines) is 1. The molecule has 0 radical (unpaired) electrons. The molecule has 102 valence electrons. The highest BCUT2D eigenvalue weighted by Gasteiger charge is 2.38. The number of carbonyl (C=O) groups excluding carboxylic acids is 1. The van der Waals surface area contributed by atoms with E-state index in [0.29, 0.717) is 5.41 Å². The van der Waals surface area contributed by atoms with E-state index in [-0.39, 0.29) is 5.91 Å². The fourth-order valence-corrected chi connectivity index (χ4v) is 3.89. The minimum absolute atomic E-state index is 0.151. The zero-order valence-electron chi connectivity index (χ0n) is 11.3. The summed E-state index contributed by atoms with van der Waals surface area (Å²) in [5, 5.41) is 0. The molecule has 2 fully saturated rings. The van der Waals surface area contributed by atoms with Gasteiger partial charge in [0.15, 0.2) is 0 Å². The summed E-state index contributed by atoms with van der Waals surface area (Å²) in [4.78, 5) is 15.3. The van der Waals surface area contributed by atoms with Gasteiger partial charge in [-0.2, -0.15) is 0 Å². The van der Waals surface area contributed by atoms with Gasteiger partial charge < -0.3 is 4.90 Å². The average molecular weight is 275 g/mol. The van der Waals surface area contributed by atoms with Crippen molar-refractivity contribution < 1.29 is 4.79 Å². The maximum Gasteiger partial charge on any atom is 0.254 e. The van der Waals surface area contributed by atoms with Crippen molar-refractivity contribution in [2.45, 2.75) is 43.4 Å². The molecule has 0 unspecified atom stereocenters. The zero-order valence-corrected chi connectivity index (χ0v) is 12.2. The van der Waals surface area contributed by atoms with Gasteiger partial charge in [0.05, 0.1) is 5.56 Å². The number of rotatable bonds is 1. The molecule has 3 heteroatoms. The Morgan fingerprint density at radius 2 is 1.68 bits per heavy atom. The van der Waals surface area contributed by atoms with Crippen molar-refractivity contribution in [2.24, 2.45) is 5.41 Å². The van der Waals surface area contributed by atoms with Crippen LogP contribution in [0.15, 0.2) is 29.2 Å². The summed E-state index contributed by atoms with van der Waals surface area (Å²) >= 11 is 4.39. The van der Waals surface area contributed by atoms with E-state index >= 15 is 0 Å². The molecule has 2 aliphatic rings. The fourth-order valence-electron chi connectivity index (χ4n) is 3.63. The number of amides is 1. The van der Waals surface area contributed by atoms with Gasteiger partial charge in [-0.1, -0.05) is 25.0 Å². The molecule has 1 saturated carbocycles. The molecule has 1 aromatic rings. The Balaban J connectivity index is 1.68. The molecular weight excluding hydrogens is 254 g/mol. The summed E-state index contributed by atoms with van der Waals surface area (Å²) in [6, 6.07) is 7.60. The molecule has 1 saturated heterocycles. The van der Waals surface area contributed by atoms with Crippen molar-refractivity contribution in [3.63, 3.8) is 0 Å². The fraction of sp³-hybridized carbons (Fsp3) is 0.562. The van der Waals surface area contributed by atoms with E-state index in [9.17, 15) is 4.79 Å². The Morgan fingerprint density at radius 1 is 1.05 bits per heavy atom. The van der Waals surface area contributed by atoms with Gasteiger partial charge in [0.25, 0.3) is 5.91 Å². The highest BCUT2D eigenvalue weighted by Crippen LogP contribution is 2.46. The molecular formula is C16H21NOS. The molecule has 1 aliphatic carbocycles. The van der Waals surface area contributed by atoms with Crippen LogP contribution in [0, 0.1) is 5.41 Å². The van der Waals surface area contributed by atoms with Crippen LogP contribution >= 0.6 is 12.6 Å². The third-order valence-corrected chi connectivity index (χ3v) is 5.30. The number of nitrogens with zero attached hydrogens (tertiary/aromatic N) is 1. The van der Waals surface area contributed by atoms with Crippen molar-refractivity contribution in [3.8, 4) is 0 Å². The Hall–Kier alpha value is -0.960. The van der Waals surface area contributed by atoms with Crippen molar-refractivity contribution in [2.75, 3.05) is 13.1 Å². The summed E-state index contributed by atoms with van der Waals surface area (Å²) < 4.78 is 0. The average Bonchev–Trinajstić information content (AvgIpc) is 2.88. The van der Waals surface area contributed by atoms with Crippen LogP contribution in [0.5, 0.6) is 0 Å². The zero-order chi connectivity index (χ0) is 13.3. The van der Waals surface area contributed by atoms with E-state index in [2.05, 4.69) is 12.6 Å². The highest BCUT2D eigenvalue weighted by molar-refractivity contribution is 7.80. The third-order valence-electron chi connectivity index (χ3n) is 4.91. The minimum Gasteiger partial charge on any atom is -0.339 e. The first-order chi connectivity index (χ1) is 9.20. The Bertz CT molecular complexity index is 469. The molecule has 1 aromatic carbocycles. The van der Waals surface area contributed by atoms with Crippen molar-refractivity contribution in [1.29, 1.82) is 0 Å². The van der Waals surface area contributed by atoms with Crippen molar-refractivity contribution in [1.82, 2.24) is 4.90 Å². The molecule has 3 rings (SSSR count). The van der Waals surface area contributed by atoms with E-state index in [4.69, 9.17) is 0 Å². The molecule has 0 aromatic heterocycles. The molecule has 0 bridgehead atoms. The predicted octanol–water partition coefficient (Wildman–Crippen LogP) is 3.77. The maximum absolute atomic E-state index is 12.5. The summed E-state index contributed by atoms with van der Waals surface area (Å²) in [7, 11) is 0. The summed E-state index contributed by atoms with van der Waals surface area (Å²) in [6.07, 6.45) is 7.89. The van der Waals surface area contributed by atoms with Crippen LogP contribution < -0.4 is 0 Å². The number of hydrogen-bond donors (Lipinski definition) is 1. The van der Waals surface area contributed by atoms with E-state index < -0.39 is 0 Å². The minimum atomic E-state index is 0.151. The van der Waals surface area contributed by atoms with Crippen molar-refractivity contribution >= 4 is 18.5 Å². The quantitative estimate of drug-likeness (QED) is 0.774. The van der Waals surface area contributed by atoms with E-state index in [0.717, 1.165) is 23.5 Å². The normalized spacial score (nSPS) is 21.8. The van der Waals surface area contributed by atoms with Crippen LogP contribution in [-0.2, 0) is 0 Å². The largest absolute Gasteiger partial charge is 0.339 e. The second-order valence-corrected chi connectivity index (χ2v) is 6.50. The van der Waals surface area contributed by atoms with Gasteiger partial charge in [0.1, 0.15) is 0 Å². The van der Waals surface area contributed by atoms with Gasteiger partial charge in [0, 0.05) is 18.0 Å². The molecule has 1 heterocycles. The van der Waals surface area contributed by atoms with Gasteiger partial charge in [-0.25, -0.2) is 0 Å². The van der Waals surface area contributed by atoms with Gasteiger partial charge in [0.2, 0.25) is 0 Å². The molecule has 19 heavy (non-hydrogen) atoms. The van der Waals surface area contributed by atoms with Crippen LogP contribution in [0.1, 0.15) is 48.9 Å². The lowest BCUT2D eigenvalue weighted by Gasteiger charge is -2.39. The smallest absolute Gasteiger partial charge is 0.254 e. The monoisotopic (exact) mass is 275 g/mol. The highest BCUT2D eigenvalue weighted by atomic mass is 32.1. The van der Waals surface area contributed by atoms with Crippen molar-refractivity contribution in [3.05, 3.63) is 29.8 Å². The van der Waals surface area contributed by atoms with Crippen LogP contribution in [0.2, 0.25) is 0 Å². The Kier molecular flexibility index (Phi) is 3.57. The second-order valence-electron chi connectivity index (χ2n) is 6.02. The topological polar surface area (TPSA) is 20.3 Å². The Labute approximate surface area is 120 Å². The first-order valence-corrected chi connectivity index (χ1v) is 7.72. The first kappa shape index (κ1) is 13.0. The molecule has 1 spiro atoms. The Morgan fingerprint density at radius 3 is 2.32 bits per heavy atom. The van der Waals surface area contributed by atoms with Crippen LogP contribution in [0.25, 0.3) is 0 Å². The lowest BCUT2D eigenvalue weighted by molar-refractivity contribution is 0.0584. The second kappa shape index (κ2) is 5.20.